The molecule has 0 aliphatic rings. The van der Waals surface area contributed by atoms with E-state index in [1.54, 1.807) is 39.1 Å². The van der Waals surface area contributed by atoms with E-state index in [1.165, 1.54) is 11.6 Å². The largest absolute Gasteiger partial charge is 0.408 e. The van der Waals surface area contributed by atoms with Crippen LogP contribution in [0.3, 0.4) is 0 Å². The Kier molecular flexibility index (Phi) is 5.98. The Morgan fingerprint density at radius 1 is 1.31 bits per heavy atom. The molecule has 0 aliphatic carbocycles. The van der Waals surface area contributed by atoms with Gasteiger partial charge in [0.25, 0.3) is 0 Å². The van der Waals surface area contributed by atoms with Crippen LogP contribution in [-0.4, -0.2) is 28.4 Å². The van der Waals surface area contributed by atoms with E-state index < -0.39 is 24.7 Å². The molecule has 2 N–H and O–H groups in total. The van der Waals surface area contributed by atoms with Gasteiger partial charge in [0.2, 0.25) is 5.91 Å². The molecule has 1 heterocycles. The van der Waals surface area contributed by atoms with Gasteiger partial charge in [0.15, 0.2) is 0 Å². The summed E-state index contributed by atoms with van der Waals surface area (Å²) in [6.45, 7) is 4.28. The molecule has 1 aromatic carbocycles. The summed E-state index contributed by atoms with van der Waals surface area (Å²) in [5, 5.41) is 9.36. The fraction of sp³-hybridized carbons (Fsp3) is 0.412. The maximum absolute atomic E-state index is 13.5. The highest BCUT2D eigenvalue weighted by Gasteiger charge is 2.43. The molecule has 2 aromatic rings. The van der Waals surface area contributed by atoms with Crippen molar-refractivity contribution in [2.45, 2.75) is 33.0 Å². The summed E-state index contributed by atoms with van der Waals surface area (Å²) < 4.78 is 42.0. The fourth-order valence-corrected chi connectivity index (χ4v) is 2.90. The van der Waals surface area contributed by atoms with E-state index in [1.807, 2.05) is 0 Å². The number of carbonyl (C=O) groups excluding carboxylic acids is 1. The lowest BCUT2D eigenvalue weighted by atomic mass is 10.0. The number of amides is 1. The number of carbonyl (C=O) groups is 1. The first-order valence-electron chi connectivity index (χ1n) is 7.87. The van der Waals surface area contributed by atoms with Crippen LogP contribution in [0.2, 0.25) is 5.02 Å². The molecule has 0 radical (unpaired) electrons. The summed E-state index contributed by atoms with van der Waals surface area (Å²) >= 11 is 5.98. The van der Waals surface area contributed by atoms with Crippen molar-refractivity contribution < 1.29 is 18.0 Å². The predicted octanol–water partition coefficient (Wildman–Crippen LogP) is 3.83. The van der Waals surface area contributed by atoms with Crippen molar-refractivity contribution in [3.8, 4) is 0 Å². The minimum atomic E-state index is -4.56. The van der Waals surface area contributed by atoms with Crippen molar-refractivity contribution in [2.24, 2.45) is 7.05 Å². The SMILES string of the molecule is Cc1nn(C)c(C)c1[C@H](NCC(=O)Nc1cccc(Cl)c1C)C(F)(F)F. The van der Waals surface area contributed by atoms with Gasteiger partial charge in [-0.05, 0) is 38.5 Å². The van der Waals surface area contributed by atoms with Crippen molar-refractivity contribution in [3.05, 3.63) is 45.7 Å². The number of nitrogens with one attached hydrogen (secondary N) is 2. The summed E-state index contributed by atoms with van der Waals surface area (Å²) in [6, 6.07) is 2.97. The number of aryl methyl sites for hydroxylation is 2. The zero-order valence-corrected chi connectivity index (χ0v) is 15.6. The van der Waals surface area contributed by atoms with Crippen LogP contribution in [0, 0.1) is 20.8 Å². The van der Waals surface area contributed by atoms with Crippen LogP contribution in [0.5, 0.6) is 0 Å². The van der Waals surface area contributed by atoms with E-state index in [-0.39, 0.29) is 11.3 Å². The summed E-state index contributed by atoms with van der Waals surface area (Å²) in [4.78, 5) is 12.1. The Morgan fingerprint density at radius 3 is 2.50 bits per heavy atom. The zero-order chi connectivity index (χ0) is 19.6. The maximum Gasteiger partial charge on any atom is 0.408 e. The fourth-order valence-electron chi connectivity index (χ4n) is 2.72. The highest BCUT2D eigenvalue weighted by atomic mass is 35.5. The second-order valence-electron chi connectivity index (χ2n) is 6.02. The molecule has 9 heteroatoms. The molecule has 142 valence electrons. The third-order valence-electron chi connectivity index (χ3n) is 4.19. The molecule has 26 heavy (non-hydrogen) atoms. The molecule has 1 atom stereocenters. The van der Waals surface area contributed by atoms with Crippen LogP contribution >= 0.6 is 11.6 Å². The Balaban J connectivity index is 2.15. The molecule has 1 amide bonds. The molecular formula is C17H20ClF3N4O. The van der Waals surface area contributed by atoms with Crippen LogP contribution in [-0.2, 0) is 11.8 Å². The number of hydrogen-bond acceptors (Lipinski definition) is 3. The van der Waals surface area contributed by atoms with E-state index >= 15 is 0 Å². The van der Waals surface area contributed by atoms with E-state index in [9.17, 15) is 18.0 Å². The molecule has 0 fully saturated rings. The van der Waals surface area contributed by atoms with E-state index in [2.05, 4.69) is 15.7 Å². The molecule has 2 rings (SSSR count). The van der Waals surface area contributed by atoms with Crippen molar-refractivity contribution in [3.63, 3.8) is 0 Å². The summed E-state index contributed by atoms with van der Waals surface area (Å²) in [6.07, 6.45) is -4.56. The van der Waals surface area contributed by atoms with Gasteiger partial charge < -0.3 is 5.32 Å². The molecular weight excluding hydrogens is 369 g/mol. The van der Waals surface area contributed by atoms with Gasteiger partial charge in [-0.2, -0.15) is 18.3 Å². The number of aromatic nitrogens is 2. The Bertz CT molecular complexity index is 817. The number of nitrogens with zero attached hydrogens (tertiary/aromatic N) is 2. The van der Waals surface area contributed by atoms with Gasteiger partial charge in [0, 0.05) is 29.0 Å². The number of anilines is 1. The normalized spacial score (nSPS) is 12.9. The first-order chi connectivity index (χ1) is 12.0. The molecule has 0 spiro atoms. The number of benzene rings is 1. The quantitative estimate of drug-likeness (QED) is 0.818. The average Bonchev–Trinajstić information content (AvgIpc) is 2.77. The third kappa shape index (κ3) is 4.37. The number of alkyl halides is 3. The van der Waals surface area contributed by atoms with Gasteiger partial charge in [-0.25, -0.2) is 0 Å². The van der Waals surface area contributed by atoms with E-state index in [0.29, 0.717) is 22.0 Å². The van der Waals surface area contributed by atoms with Crippen molar-refractivity contribution >= 4 is 23.2 Å². The van der Waals surface area contributed by atoms with Gasteiger partial charge in [0.1, 0.15) is 6.04 Å². The smallest absolute Gasteiger partial charge is 0.325 e. The number of hydrogen-bond donors (Lipinski definition) is 2. The molecule has 1 aromatic heterocycles. The maximum atomic E-state index is 13.5. The highest BCUT2D eigenvalue weighted by molar-refractivity contribution is 6.31. The van der Waals surface area contributed by atoms with Gasteiger partial charge >= 0.3 is 6.18 Å². The van der Waals surface area contributed by atoms with E-state index in [0.717, 1.165) is 0 Å². The topological polar surface area (TPSA) is 59.0 Å². The van der Waals surface area contributed by atoms with Crippen LogP contribution in [0.15, 0.2) is 18.2 Å². The zero-order valence-electron chi connectivity index (χ0n) is 14.8. The highest BCUT2D eigenvalue weighted by Crippen LogP contribution is 2.35. The van der Waals surface area contributed by atoms with Gasteiger partial charge in [-0.1, -0.05) is 17.7 Å². The van der Waals surface area contributed by atoms with Gasteiger partial charge in [0.05, 0.1) is 12.2 Å². The molecule has 0 aliphatic heterocycles. The molecule has 0 bridgehead atoms. The summed E-state index contributed by atoms with van der Waals surface area (Å²) in [7, 11) is 1.58. The standard InChI is InChI=1S/C17H20ClF3N4O/c1-9-12(18)6-5-7-13(9)23-14(26)8-22-16(17(19,20)21)15-10(2)24-25(4)11(15)3/h5-7,16,22H,8H2,1-4H3,(H,23,26)/t16-/m0/s1. The molecule has 0 unspecified atom stereocenters. The van der Waals surface area contributed by atoms with Crippen LogP contribution < -0.4 is 10.6 Å². The second-order valence-corrected chi connectivity index (χ2v) is 6.43. The molecule has 0 saturated carbocycles. The molecule has 5 nitrogen and oxygen atoms in total. The van der Waals surface area contributed by atoms with Gasteiger partial charge in [-0.3, -0.25) is 14.8 Å². The second kappa shape index (κ2) is 7.67. The first-order valence-corrected chi connectivity index (χ1v) is 8.25. The summed E-state index contributed by atoms with van der Waals surface area (Å²) in [5.74, 6) is -0.594. The predicted molar refractivity (Wildman–Crippen MR) is 94.3 cm³/mol. The van der Waals surface area contributed by atoms with Crippen molar-refractivity contribution in [1.82, 2.24) is 15.1 Å². The third-order valence-corrected chi connectivity index (χ3v) is 4.60. The first kappa shape index (κ1) is 20.3. The summed E-state index contributed by atoms with van der Waals surface area (Å²) in [5.41, 5.74) is 1.80. The van der Waals surface area contributed by atoms with Gasteiger partial charge in [-0.15, -0.1) is 0 Å². The monoisotopic (exact) mass is 388 g/mol. The minimum absolute atomic E-state index is 0.0340. The van der Waals surface area contributed by atoms with Crippen molar-refractivity contribution in [1.29, 1.82) is 0 Å². The van der Waals surface area contributed by atoms with Crippen LogP contribution in [0.25, 0.3) is 0 Å². The number of halogens is 4. The lowest BCUT2D eigenvalue weighted by Crippen LogP contribution is -2.39. The minimum Gasteiger partial charge on any atom is -0.325 e. The Morgan fingerprint density at radius 2 is 1.96 bits per heavy atom. The Hall–Kier alpha value is -2.06. The molecule has 0 saturated heterocycles. The average molecular weight is 389 g/mol. The lowest BCUT2D eigenvalue weighted by molar-refractivity contribution is -0.158. The van der Waals surface area contributed by atoms with Crippen LogP contribution in [0.4, 0.5) is 18.9 Å². The lowest BCUT2D eigenvalue weighted by Gasteiger charge is -2.22. The van der Waals surface area contributed by atoms with Crippen molar-refractivity contribution in [2.75, 3.05) is 11.9 Å². The Labute approximate surface area is 154 Å². The van der Waals surface area contributed by atoms with Crippen LogP contribution in [0.1, 0.15) is 28.6 Å². The number of rotatable bonds is 5. The van der Waals surface area contributed by atoms with E-state index in [4.69, 9.17) is 11.6 Å².